The van der Waals surface area contributed by atoms with Gasteiger partial charge in [0.2, 0.25) is 5.91 Å². The van der Waals surface area contributed by atoms with Crippen molar-refractivity contribution < 1.29 is 19.1 Å². The van der Waals surface area contributed by atoms with Crippen LogP contribution in [0, 0.1) is 12.8 Å². The first-order chi connectivity index (χ1) is 11.6. The Bertz CT molecular complexity index is 782. The number of esters is 1. The summed E-state index contributed by atoms with van der Waals surface area (Å²) in [4.78, 5) is 36.8. The van der Waals surface area contributed by atoms with E-state index in [4.69, 9.17) is 4.74 Å². The van der Waals surface area contributed by atoms with Crippen molar-refractivity contribution in [2.24, 2.45) is 5.92 Å². The molecule has 2 aromatic rings. The SMILES string of the molecule is Cc1ccccc1N1C[C@@H](C(=O)Oc2ccc(C=O)cc2)CC1=O. The molecule has 0 aromatic heterocycles. The molecule has 5 heteroatoms. The fourth-order valence-electron chi connectivity index (χ4n) is 2.78. The third-order valence-electron chi connectivity index (χ3n) is 4.10. The van der Waals surface area contributed by atoms with Gasteiger partial charge in [-0.2, -0.15) is 0 Å². The molecule has 1 saturated heterocycles. The second kappa shape index (κ2) is 6.66. The Kier molecular flexibility index (Phi) is 4.42. The van der Waals surface area contributed by atoms with Crippen molar-refractivity contribution in [2.75, 3.05) is 11.4 Å². The van der Waals surface area contributed by atoms with Crippen LogP contribution in [0.15, 0.2) is 48.5 Å². The van der Waals surface area contributed by atoms with Gasteiger partial charge >= 0.3 is 5.97 Å². The molecule has 24 heavy (non-hydrogen) atoms. The fraction of sp³-hybridized carbons (Fsp3) is 0.211. The zero-order valence-electron chi connectivity index (χ0n) is 13.3. The molecule has 5 nitrogen and oxygen atoms in total. The molecular weight excluding hydrogens is 306 g/mol. The number of benzene rings is 2. The van der Waals surface area contributed by atoms with Gasteiger partial charge in [0.25, 0.3) is 0 Å². The largest absolute Gasteiger partial charge is 0.426 e. The number of nitrogens with zero attached hydrogens (tertiary/aromatic N) is 1. The second-order valence-electron chi connectivity index (χ2n) is 5.80. The van der Waals surface area contributed by atoms with Crippen LogP contribution in [0.3, 0.4) is 0 Å². The monoisotopic (exact) mass is 323 g/mol. The van der Waals surface area contributed by atoms with Crippen LogP contribution in [0.1, 0.15) is 22.3 Å². The lowest BCUT2D eigenvalue weighted by Crippen LogP contribution is -2.27. The maximum Gasteiger partial charge on any atom is 0.316 e. The van der Waals surface area contributed by atoms with Crippen LogP contribution in [0.5, 0.6) is 5.75 Å². The van der Waals surface area contributed by atoms with Crippen LogP contribution < -0.4 is 9.64 Å². The Morgan fingerprint density at radius 3 is 2.54 bits per heavy atom. The Hall–Kier alpha value is -2.95. The number of ether oxygens (including phenoxy) is 1. The van der Waals surface area contributed by atoms with E-state index in [1.54, 1.807) is 29.2 Å². The lowest BCUT2D eigenvalue weighted by molar-refractivity contribution is -0.139. The van der Waals surface area contributed by atoms with Gasteiger partial charge in [0, 0.05) is 24.2 Å². The summed E-state index contributed by atoms with van der Waals surface area (Å²) in [6.07, 6.45) is 0.862. The van der Waals surface area contributed by atoms with Crippen LogP contribution in [-0.2, 0) is 9.59 Å². The minimum absolute atomic E-state index is 0.0810. The van der Waals surface area contributed by atoms with E-state index in [-0.39, 0.29) is 12.3 Å². The molecule has 0 saturated carbocycles. The molecule has 0 bridgehead atoms. The number of para-hydroxylation sites is 1. The number of carbonyl (C=O) groups is 3. The summed E-state index contributed by atoms with van der Waals surface area (Å²) < 4.78 is 5.33. The lowest BCUT2D eigenvalue weighted by Gasteiger charge is -2.18. The molecule has 1 fully saturated rings. The highest BCUT2D eigenvalue weighted by Crippen LogP contribution is 2.28. The zero-order valence-corrected chi connectivity index (χ0v) is 13.3. The predicted octanol–water partition coefficient (Wildman–Crippen LogP) is 2.77. The van der Waals surface area contributed by atoms with Gasteiger partial charge < -0.3 is 9.64 Å². The molecule has 0 spiro atoms. The van der Waals surface area contributed by atoms with Gasteiger partial charge in [0.05, 0.1) is 5.92 Å². The molecule has 122 valence electrons. The van der Waals surface area contributed by atoms with Crippen LogP contribution in [-0.4, -0.2) is 24.7 Å². The van der Waals surface area contributed by atoms with E-state index in [1.165, 1.54) is 0 Å². The van der Waals surface area contributed by atoms with E-state index in [2.05, 4.69) is 0 Å². The van der Waals surface area contributed by atoms with E-state index in [1.807, 2.05) is 31.2 Å². The van der Waals surface area contributed by atoms with Gasteiger partial charge in [-0.05, 0) is 42.8 Å². The number of aldehydes is 1. The summed E-state index contributed by atoms with van der Waals surface area (Å²) in [6.45, 7) is 2.25. The number of hydrogen-bond donors (Lipinski definition) is 0. The molecule has 0 aliphatic carbocycles. The van der Waals surface area contributed by atoms with Crippen molar-refractivity contribution in [1.29, 1.82) is 0 Å². The normalized spacial score (nSPS) is 17.0. The summed E-state index contributed by atoms with van der Waals surface area (Å²) in [7, 11) is 0. The Balaban J connectivity index is 1.69. The van der Waals surface area contributed by atoms with Crippen molar-refractivity contribution in [3.63, 3.8) is 0 Å². The Morgan fingerprint density at radius 1 is 1.17 bits per heavy atom. The Labute approximate surface area is 139 Å². The molecule has 1 aliphatic heterocycles. The average Bonchev–Trinajstić information content (AvgIpc) is 2.98. The standard InChI is InChI=1S/C19H17NO4/c1-13-4-2-3-5-17(13)20-11-15(10-18(20)22)19(23)24-16-8-6-14(12-21)7-9-16/h2-9,12,15H,10-11H2,1H3/t15-/m0/s1. The smallest absolute Gasteiger partial charge is 0.316 e. The molecule has 1 amide bonds. The van der Waals surface area contributed by atoms with Gasteiger partial charge in [0.1, 0.15) is 12.0 Å². The summed E-state index contributed by atoms with van der Waals surface area (Å²) in [5.74, 6) is -0.643. The topological polar surface area (TPSA) is 63.7 Å². The maximum absolute atomic E-state index is 12.3. The minimum atomic E-state index is -0.497. The van der Waals surface area contributed by atoms with Gasteiger partial charge in [-0.15, -0.1) is 0 Å². The summed E-state index contributed by atoms with van der Waals surface area (Å²) in [6, 6.07) is 13.9. The highest BCUT2D eigenvalue weighted by molar-refractivity contribution is 6.00. The van der Waals surface area contributed by atoms with E-state index in [0.717, 1.165) is 17.5 Å². The highest BCUT2D eigenvalue weighted by atomic mass is 16.5. The average molecular weight is 323 g/mol. The van der Waals surface area contributed by atoms with Crippen molar-refractivity contribution in [3.8, 4) is 5.75 Å². The molecule has 0 N–H and O–H groups in total. The van der Waals surface area contributed by atoms with Crippen LogP contribution in [0.25, 0.3) is 0 Å². The highest BCUT2D eigenvalue weighted by Gasteiger charge is 2.36. The predicted molar refractivity (Wildman–Crippen MR) is 89.1 cm³/mol. The van der Waals surface area contributed by atoms with E-state index in [0.29, 0.717) is 17.9 Å². The third-order valence-corrected chi connectivity index (χ3v) is 4.10. The fourth-order valence-corrected chi connectivity index (χ4v) is 2.78. The number of carbonyl (C=O) groups excluding carboxylic acids is 3. The third kappa shape index (κ3) is 3.20. The molecule has 1 atom stereocenters. The van der Waals surface area contributed by atoms with E-state index < -0.39 is 11.9 Å². The van der Waals surface area contributed by atoms with Crippen molar-refractivity contribution in [3.05, 3.63) is 59.7 Å². The number of rotatable bonds is 4. The summed E-state index contributed by atoms with van der Waals surface area (Å²) in [5, 5.41) is 0. The van der Waals surface area contributed by atoms with Crippen molar-refractivity contribution in [1.82, 2.24) is 0 Å². The zero-order chi connectivity index (χ0) is 17.1. The van der Waals surface area contributed by atoms with Crippen LogP contribution in [0.4, 0.5) is 5.69 Å². The lowest BCUT2D eigenvalue weighted by atomic mass is 10.1. The molecule has 2 aromatic carbocycles. The van der Waals surface area contributed by atoms with Gasteiger partial charge in [-0.25, -0.2) is 0 Å². The molecular formula is C19H17NO4. The second-order valence-corrected chi connectivity index (χ2v) is 5.80. The first-order valence-electron chi connectivity index (χ1n) is 7.71. The number of anilines is 1. The Morgan fingerprint density at radius 2 is 1.88 bits per heavy atom. The summed E-state index contributed by atoms with van der Waals surface area (Å²) in [5.41, 5.74) is 2.33. The first kappa shape index (κ1) is 15.9. The molecule has 0 unspecified atom stereocenters. The van der Waals surface area contributed by atoms with Crippen molar-refractivity contribution >= 4 is 23.9 Å². The molecule has 1 heterocycles. The van der Waals surface area contributed by atoms with Gasteiger partial charge in [0.15, 0.2) is 0 Å². The summed E-state index contributed by atoms with van der Waals surface area (Å²) >= 11 is 0. The van der Waals surface area contributed by atoms with Crippen LogP contribution in [0.2, 0.25) is 0 Å². The number of amides is 1. The molecule has 1 aliphatic rings. The molecule has 0 radical (unpaired) electrons. The number of hydrogen-bond acceptors (Lipinski definition) is 4. The van der Waals surface area contributed by atoms with Gasteiger partial charge in [-0.3, -0.25) is 14.4 Å². The number of aryl methyl sites for hydroxylation is 1. The van der Waals surface area contributed by atoms with Gasteiger partial charge in [-0.1, -0.05) is 18.2 Å². The first-order valence-corrected chi connectivity index (χ1v) is 7.71. The van der Waals surface area contributed by atoms with E-state index in [9.17, 15) is 14.4 Å². The minimum Gasteiger partial charge on any atom is -0.426 e. The van der Waals surface area contributed by atoms with Crippen LogP contribution >= 0.6 is 0 Å². The quantitative estimate of drug-likeness (QED) is 0.493. The van der Waals surface area contributed by atoms with Crippen molar-refractivity contribution in [2.45, 2.75) is 13.3 Å². The maximum atomic E-state index is 12.3. The molecule has 3 rings (SSSR count). The van der Waals surface area contributed by atoms with E-state index >= 15 is 0 Å².